The zero-order valence-electron chi connectivity index (χ0n) is 19.0. The van der Waals surface area contributed by atoms with Crippen molar-refractivity contribution in [2.45, 2.75) is 25.3 Å². The summed E-state index contributed by atoms with van der Waals surface area (Å²) in [6.45, 7) is 1.19. The van der Waals surface area contributed by atoms with Crippen LogP contribution >= 0.6 is 22.9 Å². The molecule has 3 aromatic rings. The molecule has 178 valence electrons. The molecule has 0 aromatic carbocycles. The fourth-order valence-corrected chi connectivity index (χ4v) is 5.43. The summed E-state index contributed by atoms with van der Waals surface area (Å²) in [7, 11) is 0. The molecule has 35 heavy (non-hydrogen) atoms. The summed E-state index contributed by atoms with van der Waals surface area (Å²) < 4.78 is 2.43. The van der Waals surface area contributed by atoms with Crippen LogP contribution < -0.4 is 5.73 Å². The number of nitrogens with two attached hydrogens (primary N) is 1. The first-order valence-electron chi connectivity index (χ1n) is 11.5. The van der Waals surface area contributed by atoms with E-state index in [2.05, 4.69) is 15.1 Å². The first-order valence-corrected chi connectivity index (χ1v) is 12.7. The van der Waals surface area contributed by atoms with Crippen molar-refractivity contribution in [2.24, 2.45) is 15.7 Å². The van der Waals surface area contributed by atoms with E-state index in [4.69, 9.17) is 17.3 Å². The highest BCUT2D eigenvalue weighted by atomic mass is 35.5. The van der Waals surface area contributed by atoms with Crippen LogP contribution in [0.15, 0.2) is 82.7 Å². The quantitative estimate of drug-likeness (QED) is 0.471. The monoisotopic (exact) mass is 504 g/mol. The van der Waals surface area contributed by atoms with Gasteiger partial charge in [0.25, 0.3) is 5.91 Å². The molecule has 1 saturated heterocycles. The van der Waals surface area contributed by atoms with Gasteiger partial charge in [0, 0.05) is 30.0 Å². The van der Waals surface area contributed by atoms with Crippen molar-refractivity contribution in [1.82, 2.24) is 14.5 Å². The smallest absolute Gasteiger partial charge is 0.275 e. The molecule has 5 rings (SSSR count). The van der Waals surface area contributed by atoms with Crippen molar-refractivity contribution in [3.63, 3.8) is 0 Å². The summed E-state index contributed by atoms with van der Waals surface area (Å²) in [5.74, 6) is -0.0780. The molecule has 0 bridgehead atoms. The van der Waals surface area contributed by atoms with E-state index >= 15 is 0 Å². The Kier molecular flexibility index (Phi) is 6.92. The Morgan fingerprint density at radius 2 is 2.20 bits per heavy atom. The lowest BCUT2D eigenvalue weighted by Gasteiger charge is -2.22. The summed E-state index contributed by atoms with van der Waals surface area (Å²) in [6.07, 6.45) is 15.6. The number of halogens is 1. The van der Waals surface area contributed by atoms with Crippen molar-refractivity contribution < 1.29 is 4.79 Å². The second kappa shape index (κ2) is 10.4. The van der Waals surface area contributed by atoms with E-state index in [1.165, 1.54) is 11.3 Å². The molecule has 3 aromatic heterocycles. The number of likely N-dealkylation sites (tertiary alicyclic amines) is 1. The number of rotatable bonds is 6. The number of aromatic nitrogens is 2. The second-order valence-corrected chi connectivity index (χ2v) is 10.0. The summed E-state index contributed by atoms with van der Waals surface area (Å²) in [4.78, 5) is 25.4. The third-order valence-corrected chi connectivity index (χ3v) is 7.29. The predicted molar refractivity (Wildman–Crippen MR) is 144 cm³/mol. The number of hydrogen-bond donors (Lipinski definition) is 1. The molecule has 2 N–H and O–H groups in total. The van der Waals surface area contributed by atoms with E-state index in [9.17, 15) is 4.79 Å². The van der Waals surface area contributed by atoms with Gasteiger partial charge in [-0.25, -0.2) is 4.52 Å². The lowest BCUT2D eigenvalue weighted by atomic mass is 10.1. The highest BCUT2D eigenvalue weighted by Crippen LogP contribution is 2.37. The number of carbonyl (C=O) groups excluding carboxylic acids is 1. The molecule has 0 unspecified atom stereocenters. The van der Waals surface area contributed by atoms with Gasteiger partial charge in [-0.1, -0.05) is 29.8 Å². The van der Waals surface area contributed by atoms with Crippen LogP contribution in [0.25, 0.3) is 16.0 Å². The van der Waals surface area contributed by atoms with Gasteiger partial charge in [-0.2, -0.15) is 5.10 Å². The van der Waals surface area contributed by atoms with Crippen molar-refractivity contribution >= 4 is 46.3 Å². The van der Waals surface area contributed by atoms with Gasteiger partial charge in [0.2, 0.25) is 0 Å². The van der Waals surface area contributed by atoms with Gasteiger partial charge in [0.1, 0.15) is 0 Å². The van der Waals surface area contributed by atoms with Crippen LogP contribution in [0.5, 0.6) is 0 Å². The average molecular weight is 505 g/mol. The summed E-state index contributed by atoms with van der Waals surface area (Å²) in [6, 6.07) is 9.62. The summed E-state index contributed by atoms with van der Waals surface area (Å²) in [5, 5.41) is 4.66. The Balaban J connectivity index is 1.35. The van der Waals surface area contributed by atoms with Crippen molar-refractivity contribution in [3.05, 3.63) is 82.8 Å². The normalized spacial score (nSPS) is 18.5. The molecule has 0 aliphatic carbocycles. The number of amides is 1. The zero-order valence-corrected chi connectivity index (χ0v) is 20.6. The molecule has 0 radical (unpaired) electrons. The van der Waals surface area contributed by atoms with E-state index in [1.807, 2.05) is 59.7 Å². The Bertz CT molecular complexity index is 1400. The molecule has 7 nitrogen and oxygen atoms in total. The third kappa shape index (κ3) is 4.99. The Morgan fingerprint density at radius 1 is 1.29 bits per heavy atom. The largest absolute Gasteiger partial charge is 0.397 e. The second-order valence-electron chi connectivity index (χ2n) is 8.33. The maximum absolute atomic E-state index is 13.7. The third-order valence-electron chi connectivity index (χ3n) is 6.04. The molecule has 5 heterocycles. The van der Waals surface area contributed by atoms with Crippen LogP contribution in [-0.4, -0.2) is 51.5 Å². The molecule has 0 saturated carbocycles. The van der Waals surface area contributed by atoms with Crippen LogP contribution in [0.4, 0.5) is 0 Å². The van der Waals surface area contributed by atoms with Crippen molar-refractivity contribution in [2.75, 3.05) is 13.1 Å². The maximum atomic E-state index is 13.7. The predicted octanol–water partition coefficient (Wildman–Crippen LogP) is 5.15. The lowest BCUT2D eigenvalue weighted by Crippen LogP contribution is -2.37. The zero-order chi connectivity index (χ0) is 24.2. The highest BCUT2D eigenvalue weighted by molar-refractivity contribution is 7.19. The number of thiophene rings is 1. The Labute approximate surface area is 212 Å². The fraction of sp³-hybridized carbons (Fsp3) is 0.231. The molecule has 1 fully saturated rings. The van der Waals surface area contributed by atoms with Gasteiger partial charge < -0.3 is 10.6 Å². The van der Waals surface area contributed by atoms with Gasteiger partial charge in [-0.05, 0) is 55.7 Å². The van der Waals surface area contributed by atoms with Crippen LogP contribution in [-0.2, 0) is 0 Å². The minimum Gasteiger partial charge on any atom is -0.397 e. The number of hydrogen-bond acceptors (Lipinski definition) is 6. The fourth-order valence-electron chi connectivity index (χ4n) is 4.34. The van der Waals surface area contributed by atoms with E-state index in [0.29, 0.717) is 28.8 Å². The van der Waals surface area contributed by atoms with E-state index in [0.717, 1.165) is 40.9 Å². The lowest BCUT2D eigenvalue weighted by molar-refractivity contribution is 0.0736. The first-order chi connectivity index (χ1) is 17.1. The Morgan fingerprint density at radius 3 is 3.06 bits per heavy atom. The van der Waals surface area contributed by atoms with E-state index < -0.39 is 0 Å². The number of pyridine rings is 1. The molecular formula is C26H25ClN6OS. The van der Waals surface area contributed by atoms with Crippen LogP contribution in [0.2, 0.25) is 4.34 Å². The van der Waals surface area contributed by atoms with Gasteiger partial charge >= 0.3 is 0 Å². The molecule has 2 aliphatic rings. The SMILES string of the molecule is N/C(=C\C=NC[C@@H]1CCCN1C(=O)c1nn2ccccc2c1-c1ccc(Cl)s1)C1=NC=CCC=C1. The van der Waals surface area contributed by atoms with Crippen LogP contribution in [0, 0.1) is 0 Å². The molecular weight excluding hydrogens is 480 g/mol. The summed E-state index contributed by atoms with van der Waals surface area (Å²) in [5.41, 5.74) is 9.57. The van der Waals surface area contributed by atoms with Gasteiger partial charge in [0.05, 0.1) is 39.4 Å². The molecule has 0 spiro atoms. The van der Waals surface area contributed by atoms with Crippen molar-refractivity contribution in [1.29, 1.82) is 0 Å². The average Bonchev–Trinajstić information content (AvgIpc) is 3.54. The number of allylic oxidation sites excluding steroid dienone is 4. The number of aliphatic imine (C=N–C) groups is 2. The molecule has 2 aliphatic heterocycles. The van der Waals surface area contributed by atoms with Crippen LogP contribution in [0.3, 0.4) is 0 Å². The standard InChI is InChI=1S/C26H25ClN6OS/c27-23-11-10-22(35-23)24-21-9-3-5-16-33(21)31-25(24)26(34)32-15-6-7-18(32)17-29-14-12-19(28)20-8-2-1-4-13-30-20/h2-5,8-14,16,18H,1,6-7,15,17,28H2/b19-12-,29-14?/t18-/m0/s1. The number of nitrogens with zero attached hydrogens (tertiary/aromatic N) is 5. The minimum absolute atomic E-state index is 0.0102. The van der Waals surface area contributed by atoms with Gasteiger partial charge in [0.15, 0.2) is 5.69 Å². The minimum atomic E-state index is -0.0780. The van der Waals surface area contributed by atoms with E-state index in [-0.39, 0.29) is 11.9 Å². The van der Waals surface area contributed by atoms with Crippen LogP contribution in [0.1, 0.15) is 29.8 Å². The molecule has 1 amide bonds. The van der Waals surface area contributed by atoms with Gasteiger partial charge in [-0.3, -0.25) is 14.8 Å². The number of carbonyl (C=O) groups is 1. The topological polar surface area (TPSA) is 88.3 Å². The van der Waals surface area contributed by atoms with E-state index in [1.54, 1.807) is 23.0 Å². The molecule has 9 heteroatoms. The number of fused-ring (bicyclic) bond motifs is 1. The van der Waals surface area contributed by atoms with Crippen molar-refractivity contribution in [3.8, 4) is 10.4 Å². The van der Waals surface area contributed by atoms with Gasteiger partial charge in [-0.15, -0.1) is 11.3 Å². The summed E-state index contributed by atoms with van der Waals surface area (Å²) >= 11 is 7.66. The highest BCUT2D eigenvalue weighted by Gasteiger charge is 2.33. The maximum Gasteiger partial charge on any atom is 0.275 e. The molecule has 1 atom stereocenters. The first kappa shape index (κ1) is 23.3. The Hall–Kier alpha value is -3.49.